The number of primary sulfonamides is 1. The van der Waals surface area contributed by atoms with Crippen LogP contribution in [0.25, 0.3) is 5.57 Å². The Morgan fingerprint density at radius 1 is 1.29 bits per heavy atom. The van der Waals surface area contributed by atoms with E-state index in [1.807, 2.05) is 24.3 Å². The van der Waals surface area contributed by atoms with E-state index in [0.717, 1.165) is 17.4 Å². The number of benzene rings is 1. The Balaban J connectivity index is 2.84. The van der Waals surface area contributed by atoms with Crippen molar-refractivity contribution in [3.8, 4) is 0 Å². The van der Waals surface area contributed by atoms with E-state index < -0.39 is 10.0 Å². The van der Waals surface area contributed by atoms with Crippen LogP contribution in [0.5, 0.6) is 0 Å². The second-order valence-electron chi connectivity index (χ2n) is 4.19. The molecule has 0 bridgehead atoms. The normalized spacial score (nSPS) is 12.8. The molecule has 3 nitrogen and oxygen atoms in total. The number of unbranched alkanes of at least 4 members (excludes halogenated alkanes) is 1. The molecule has 0 aromatic heterocycles. The van der Waals surface area contributed by atoms with Gasteiger partial charge in [0.05, 0.1) is 0 Å². The number of hydrogen-bond acceptors (Lipinski definition) is 2. The fourth-order valence-corrected chi connectivity index (χ4v) is 2.26. The zero-order chi connectivity index (χ0) is 12.9. The zero-order valence-electron chi connectivity index (χ0n) is 10.3. The van der Waals surface area contributed by atoms with Gasteiger partial charge in [-0.1, -0.05) is 37.6 Å². The molecule has 0 heterocycles. The molecule has 0 radical (unpaired) electrons. The van der Waals surface area contributed by atoms with E-state index in [2.05, 4.69) is 6.92 Å². The highest BCUT2D eigenvalue weighted by Gasteiger charge is 2.01. The average molecular weight is 253 g/mol. The maximum Gasteiger partial charge on any atom is 0.231 e. The predicted octanol–water partition coefficient (Wildman–Crippen LogP) is 2.68. The first-order chi connectivity index (χ1) is 7.92. The maximum atomic E-state index is 10.9. The fourth-order valence-electron chi connectivity index (χ4n) is 1.63. The van der Waals surface area contributed by atoms with E-state index in [1.165, 1.54) is 18.4 Å². The van der Waals surface area contributed by atoms with Gasteiger partial charge >= 0.3 is 0 Å². The third-order valence-corrected chi connectivity index (χ3v) is 3.25. The van der Waals surface area contributed by atoms with Gasteiger partial charge in [0.15, 0.2) is 0 Å². The molecule has 0 amide bonds. The molecule has 4 heteroatoms. The van der Waals surface area contributed by atoms with E-state index in [9.17, 15) is 8.42 Å². The number of sulfonamides is 1. The smallest absolute Gasteiger partial charge is 0.225 e. The molecule has 0 aliphatic heterocycles. The molecule has 2 N–H and O–H groups in total. The largest absolute Gasteiger partial charge is 0.231 e. The summed E-state index contributed by atoms with van der Waals surface area (Å²) >= 11 is 0. The van der Waals surface area contributed by atoms with Crippen LogP contribution in [-0.2, 0) is 16.4 Å². The van der Waals surface area contributed by atoms with Gasteiger partial charge in [-0.25, -0.2) is 13.6 Å². The summed E-state index contributed by atoms with van der Waals surface area (Å²) in [6, 6.07) is 7.93. The molecular formula is C13H19NO2S. The number of hydrogen-bond donors (Lipinski definition) is 1. The van der Waals surface area contributed by atoms with Crippen LogP contribution in [0.15, 0.2) is 29.7 Å². The molecule has 0 aliphatic carbocycles. The Hall–Kier alpha value is -1.13. The highest BCUT2D eigenvalue weighted by atomic mass is 32.2. The van der Waals surface area contributed by atoms with Crippen molar-refractivity contribution in [2.75, 3.05) is 0 Å². The molecule has 94 valence electrons. The second kappa shape index (κ2) is 5.98. The molecule has 0 saturated carbocycles. The summed E-state index contributed by atoms with van der Waals surface area (Å²) in [7, 11) is -3.56. The Labute approximate surface area is 103 Å². The third kappa shape index (κ3) is 5.15. The molecule has 0 saturated heterocycles. The van der Waals surface area contributed by atoms with Crippen LogP contribution in [0, 0.1) is 0 Å². The SMILES string of the molecule is CCCCc1ccc(/C(C)=C/S(N)(=O)=O)cc1. The average Bonchev–Trinajstić information content (AvgIpc) is 2.24. The third-order valence-electron chi connectivity index (χ3n) is 2.57. The van der Waals surface area contributed by atoms with Crippen molar-refractivity contribution in [1.82, 2.24) is 0 Å². The molecule has 0 aliphatic rings. The van der Waals surface area contributed by atoms with Crippen molar-refractivity contribution in [2.45, 2.75) is 33.1 Å². The van der Waals surface area contributed by atoms with Gasteiger partial charge in [-0.05, 0) is 36.5 Å². The van der Waals surface area contributed by atoms with Gasteiger partial charge in [0.1, 0.15) is 0 Å². The summed E-state index contributed by atoms with van der Waals surface area (Å²) in [4.78, 5) is 0. The Kier molecular flexibility index (Phi) is 4.90. The van der Waals surface area contributed by atoms with Crippen LogP contribution in [0.1, 0.15) is 37.8 Å². The molecular weight excluding hydrogens is 234 g/mol. The molecule has 0 unspecified atom stereocenters. The van der Waals surface area contributed by atoms with Crippen molar-refractivity contribution >= 4 is 15.6 Å². The van der Waals surface area contributed by atoms with Gasteiger partial charge in [0, 0.05) is 5.41 Å². The number of allylic oxidation sites excluding steroid dienone is 1. The highest BCUT2D eigenvalue weighted by molar-refractivity contribution is 7.92. The van der Waals surface area contributed by atoms with Crippen molar-refractivity contribution < 1.29 is 8.42 Å². The molecule has 1 rings (SSSR count). The number of aryl methyl sites for hydroxylation is 1. The Bertz CT molecular complexity index is 487. The minimum Gasteiger partial charge on any atom is -0.225 e. The second-order valence-corrected chi connectivity index (χ2v) is 5.60. The Morgan fingerprint density at radius 3 is 2.35 bits per heavy atom. The topological polar surface area (TPSA) is 60.2 Å². The lowest BCUT2D eigenvalue weighted by Crippen LogP contribution is -2.07. The van der Waals surface area contributed by atoms with Gasteiger partial charge in [-0.15, -0.1) is 0 Å². The van der Waals surface area contributed by atoms with E-state index in [-0.39, 0.29) is 0 Å². The molecule has 17 heavy (non-hydrogen) atoms. The van der Waals surface area contributed by atoms with E-state index in [0.29, 0.717) is 5.57 Å². The predicted molar refractivity (Wildman–Crippen MR) is 71.8 cm³/mol. The zero-order valence-corrected chi connectivity index (χ0v) is 11.1. The first kappa shape index (κ1) is 13.9. The molecule has 0 atom stereocenters. The first-order valence-electron chi connectivity index (χ1n) is 5.73. The van der Waals surface area contributed by atoms with Gasteiger partial charge < -0.3 is 0 Å². The monoisotopic (exact) mass is 253 g/mol. The number of nitrogens with two attached hydrogens (primary N) is 1. The van der Waals surface area contributed by atoms with E-state index in [4.69, 9.17) is 5.14 Å². The summed E-state index contributed by atoms with van der Waals surface area (Å²) in [6.07, 6.45) is 3.41. The van der Waals surface area contributed by atoms with Crippen molar-refractivity contribution in [1.29, 1.82) is 0 Å². The minimum absolute atomic E-state index is 0.662. The lowest BCUT2D eigenvalue weighted by molar-refractivity contribution is 0.606. The quantitative estimate of drug-likeness (QED) is 0.877. The lowest BCUT2D eigenvalue weighted by Gasteiger charge is -2.04. The van der Waals surface area contributed by atoms with E-state index >= 15 is 0 Å². The Morgan fingerprint density at radius 2 is 1.88 bits per heavy atom. The first-order valence-corrected chi connectivity index (χ1v) is 7.33. The van der Waals surface area contributed by atoms with Crippen molar-refractivity contribution in [3.63, 3.8) is 0 Å². The summed E-state index contributed by atoms with van der Waals surface area (Å²) in [5, 5.41) is 6.06. The maximum absolute atomic E-state index is 10.9. The van der Waals surface area contributed by atoms with Crippen LogP contribution in [-0.4, -0.2) is 8.42 Å². The van der Waals surface area contributed by atoms with Gasteiger partial charge in [-0.2, -0.15) is 0 Å². The fraction of sp³-hybridized carbons (Fsp3) is 0.385. The van der Waals surface area contributed by atoms with Crippen molar-refractivity contribution in [3.05, 3.63) is 40.8 Å². The van der Waals surface area contributed by atoms with Gasteiger partial charge in [0.25, 0.3) is 0 Å². The summed E-state index contributed by atoms with van der Waals surface area (Å²) in [6.45, 7) is 3.90. The minimum atomic E-state index is -3.56. The highest BCUT2D eigenvalue weighted by Crippen LogP contribution is 2.16. The molecule has 0 spiro atoms. The van der Waals surface area contributed by atoms with Crippen molar-refractivity contribution in [2.24, 2.45) is 5.14 Å². The summed E-state index contributed by atoms with van der Waals surface area (Å²) in [5.74, 6) is 0. The molecule has 1 aromatic rings. The van der Waals surface area contributed by atoms with Crippen LogP contribution in [0.4, 0.5) is 0 Å². The summed E-state index contributed by atoms with van der Waals surface area (Å²) in [5.41, 5.74) is 2.83. The molecule has 0 fully saturated rings. The van der Waals surface area contributed by atoms with Crippen LogP contribution in [0.2, 0.25) is 0 Å². The van der Waals surface area contributed by atoms with E-state index in [1.54, 1.807) is 6.92 Å². The standard InChI is InChI=1S/C13H19NO2S/c1-3-4-5-12-6-8-13(9-7-12)11(2)10-17(14,15)16/h6-10H,3-5H2,1-2H3,(H2,14,15,16)/b11-10+. The van der Waals surface area contributed by atoms with Gasteiger partial charge in [0.2, 0.25) is 10.0 Å². The van der Waals surface area contributed by atoms with Crippen LogP contribution >= 0.6 is 0 Å². The number of rotatable bonds is 5. The van der Waals surface area contributed by atoms with Gasteiger partial charge in [-0.3, -0.25) is 0 Å². The summed E-state index contributed by atoms with van der Waals surface area (Å²) < 4.78 is 21.8. The lowest BCUT2D eigenvalue weighted by atomic mass is 10.0. The van der Waals surface area contributed by atoms with Crippen LogP contribution in [0.3, 0.4) is 0 Å². The molecule has 1 aromatic carbocycles. The van der Waals surface area contributed by atoms with Crippen LogP contribution < -0.4 is 5.14 Å².